The molecule has 222 valence electrons. The Morgan fingerprint density at radius 1 is 1.12 bits per heavy atom. The molecular weight excluding hydrogens is 551 g/mol. The predicted octanol–water partition coefficient (Wildman–Crippen LogP) is 5.55. The fraction of sp³-hybridized carbons (Fsp3) is 0.467. The maximum absolute atomic E-state index is 13.6. The van der Waals surface area contributed by atoms with Crippen molar-refractivity contribution in [1.82, 2.24) is 14.2 Å². The number of hydrogen-bond acceptors (Lipinski definition) is 7. The number of aromatic nitrogens is 1. The van der Waals surface area contributed by atoms with Crippen LogP contribution < -0.4 is 20.1 Å². The molecule has 7 nitrogen and oxygen atoms in total. The number of fused-ring (bicyclic) bond motifs is 1. The van der Waals surface area contributed by atoms with E-state index in [1.165, 1.54) is 16.5 Å². The Labute approximate surface area is 243 Å². The fourth-order valence-electron chi connectivity index (χ4n) is 4.87. The van der Waals surface area contributed by atoms with Gasteiger partial charge in [0.2, 0.25) is 0 Å². The summed E-state index contributed by atoms with van der Waals surface area (Å²) >= 11 is 1.52. The molecule has 0 atom stereocenters. The number of nitrogens with zero attached hydrogens (tertiary/aromatic N) is 2. The highest BCUT2D eigenvalue weighted by atomic mass is 32.2. The molecule has 0 aliphatic carbocycles. The van der Waals surface area contributed by atoms with E-state index in [0.29, 0.717) is 29.5 Å². The maximum Gasteiger partial charge on any atom is 0.406 e. The molecule has 41 heavy (non-hydrogen) atoms. The SMILES string of the molecule is COc1cc(SNC(C)C)ccc1NCC#Cc1cc2c(NC3CCN(CCO)CC3)cccc2n1CC(F)(F)F. The lowest BCUT2D eigenvalue weighted by molar-refractivity contribution is -0.140. The van der Waals surface area contributed by atoms with Crippen molar-refractivity contribution in [3.8, 4) is 17.6 Å². The summed E-state index contributed by atoms with van der Waals surface area (Å²) in [5.41, 5.74) is 2.36. The molecule has 0 amide bonds. The first-order valence-corrected chi connectivity index (χ1v) is 14.6. The van der Waals surface area contributed by atoms with Crippen molar-refractivity contribution < 1.29 is 23.0 Å². The predicted molar refractivity (Wildman–Crippen MR) is 161 cm³/mol. The Hall–Kier alpha value is -3.04. The van der Waals surface area contributed by atoms with Crippen LogP contribution in [-0.4, -0.2) is 72.7 Å². The molecule has 1 saturated heterocycles. The summed E-state index contributed by atoms with van der Waals surface area (Å²) in [6.07, 6.45) is -2.59. The lowest BCUT2D eigenvalue weighted by atomic mass is 10.0. The Morgan fingerprint density at radius 2 is 1.90 bits per heavy atom. The van der Waals surface area contributed by atoms with Crippen LogP contribution in [0.2, 0.25) is 0 Å². The number of piperidine rings is 1. The summed E-state index contributed by atoms with van der Waals surface area (Å²) in [5.74, 6) is 6.62. The number of ether oxygens (including phenoxy) is 1. The van der Waals surface area contributed by atoms with Gasteiger partial charge in [-0.1, -0.05) is 12.0 Å². The number of β-amino-alcohol motifs (C(OH)–C–C–N with tert-alkyl or cyclic N) is 1. The number of aliphatic hydroxyl groups excluding tert-OH is 1. The molecule has 1 fully saturated rings. The van der Waals surface area contributed by atoms with Gasteiger partial charge in [0.1, 0.15) is 12.3 Å². The molecule has 1 aliphatic rings. The van der Waals surface area contributed by atoms with Crippen LogP contribution >= 0.6 is 11.9 Å². The molecule has 1 aliphatic heterocycles. The van der Waals surface area contributed by atoms with Gasteiger partial charge in [0.25, 0.3) is 0 Å². The van der Waals surface area contributed by atoms with Crippen molar-refractivity contribution in [2.75, 3.05) is 50.5 Å². The van der Waals surface area contributed by atoms with E-state index in [2.05, 4.69) is 45.9 Å². The second kappa shape index (κ2) is 14.2. The molecule has 4 rings (SSSR count). The number of hydrogen-bond donors (Lipinski definition) is 4. The number of halogens is 3. The van der Waals surface area contributed by atoms with Gasteiger partial charge >= 0.3 is 6.18 Å². The summed E-state index contributed by atoms with van der Waals surface area (Å²) in [4.78, 5) is 3.22. The molecule has 2 aromatic carbocycles. The van der Waals surface area contributed by atoms with Crippen molar-refractivity contribution in [1.29, 1.82) is 0 Å². The van der Waals surface area contributed by atoms with E-state index < -0.39 is 12.7 Å². The second-order valence-corrected chi connectivity index (χ2v) is 11.3. The summed E-state index contributed by atoms with van der Waals surface area (Å²) < 4.78 is 50.8. The van der Waals surface area contributed by atoms with Crippen LogP contribution in [0.5, 0.6) is 5.75 Å². The second-order valence-electron chi connectivity index (χ2n) is 10.3. The molecule has 0 radical (unpaired) electrons. The fourth-order valence-corrected chi connectivity index (χ4v) is 5.54. The van der Waals surface area contributed by atoms with Crippen molar-refractivity contribution in [2.45, 2.75) is 56.4 Å². The Kier molecular flexibility index (Phi) is 10.7. The zero-order valence-electron chi connectivity index (χ0n) is 23.6. The number of benzene rings is 2. The number of rotatable bonds is 11. The molecule has 0 saturated carbocycles. The highest BCUT2D eigenvalue weighted by Crippen LogP contribution is 2.32. The first-order chi connectivity index (χ1) is 19.7. The van der Waals surface area contributed by atoms with Gasteiger partial charge in [0.05, 0.1) is 37.2 Å². The normalized spacial score (nSPS) is 14.7. The van der Waals surface area contributed by atoms with Crippen molar-refractivity contribution in [2.24, 2.45) is 0 Å². The number of likely N-dealkylation sites (tertiary alicyclic amines) is 1. The smallest absolute Gasteiger partial charge is 0.406 e. The number of nitrogens with one attached hydrogen (secondary N) is 3. The summed E-state index contributed by atoms with van der Waals surface area (Å²) in [7, 11) is 1.59. The first kappa shape index (κ1) is 30.9. The zero-order valence-corrected chi connectivity index (χ0v) is 24.5. The maximum atomic E-state index is 13.6. The number of anilines is 2. The number of alkyl halides is 3. The van der Waals surface area contributed by atoms with Crippen molar-refractivity contribution in [3.63, 3.8) is 0 Å². The molecule has 1 aromatic heterocycles. The lowest BCUT2D eigenvalue weighted by Gasteiger charge is -2.32. The summed E-state index contributed by atoms with van der Waals surface area (Å²) in [6, 6.07) is 13.5. The standard InChI is InChI=1S/C30H38F3N5O2S/c1-21(2)36-41-24-9-10-27(29(19-24)40-3)34-13-5-6-23-18-25-26(35-22-11-14-37(15-12-22)16-17-39)7-4-8-28(25)38(23)20-30(31,32)33/h4,7-10,18-19,21-22,34-36,39H,11-17,20H2,1-3H3. The largest absolute Gasteiger partial charge is 0.495 e. The Bertz CT molecular complexity index is 1360. The minimum absolute atomic E-state index is 0.137. The van der Waals surface area contributed by atoms with E-state index >= 15 is 0 Å². The van der Waals surface area contributed by atoms with Crippen LogP contribution in [0.3, 0.4) is 0 Å². The van der Waals surface area contributed by atoms with Crippen LogP contribution in [-0.2, 0) is 6.54 Å². The third-order valence-corrected chi connectivity index (χ3v) is 7.89. The first-order valence-electron chi connectivity index (χ1n) is 13.8. The minimum atomic E-state index is -4.39. The van der Waals surface area contributed by atoms with Crippen LogP contribution in [0.4, 0.5) is 24.5 Å². The highest BCUT2D eigenvalue weighted by molar-refractivity contribution is 7.97. The third kappa shape index (κ3) is 8.72. The van der Waals surface area contributed by atoms with Crippen LogP contribution in [0, 0.1) is 11.8 Å². The molecular formula is C30H38F3N5O2S. The number of methoxy groups -OCH3 is 1. The number of aliphatic hydroxyl groups is 1. The van der Waals surface area contributed by atoms with E-state index in [-0.39, 0.29) is 19.2 Å². The average molecular weight is 590 g/mol. The van der Waals surface area contributed by atoms with Gasteiger partial charge in [0, 0.05) is 47.7 Å². The van der Waals surface area contributed by atoms with Crippen LogP contribution in [0.25, 0.3) is 10.9 Å². The summed E-state index contributed by atoms with van der Waals surface area (Å²) in [6.45, 7) is 5.78. The monoisotopic (exact) mass is 589 g/mol. The van der Waals surface area contributed by atoms with Gasteiger partial charge in [-0.3, -0.25) is 4.72 Å². The molecule has 11 heteroatoms. The molecule has 0 bridgehead atoms. The minimum Gasteiger partial charge on any atom is -0.495 e. The van der Waals surface area contributed by atoms with Crippen molar-refractivity contribution >= 4 is 34.2 Å². The van der Waals surface area contributed by atoms with E-state index in [1.807, 2.05) is 24.3 Å². The van der Waals surface area contributed by atoms with E-state index in [4.69, 9.17) is 4.74 Å². The Balaban J connectivity index is 1.51. The Morgan fingerprint density at radius 3 is 2.59 bits per heavy atom. The molecule has 0 spiro atoms. The van der Waals surface area contributed by atoms with Gasteiger partial charge in [-0.05, 0) is 81.0 Å². The van der Waals surface area contributed by atoms with Gasteiger partial charge in [-0.15, -0.1) is 0 Å². The van der Waals surface area contributed by atoms with E-state index in [9.17, 15) is 18.3 Å². The van der Waals surface area contributed by atoms with Gasteiger partial charge in [-0.2, -0.15) is 13.2 Å². The molecule has 0 unspecified atom stereocenters. The average Bonchev–Trinajstić information content (AvgIpc) is 3.28. The van der Waals surface area contributed by atoms with Crippen LogP contribution in [0.15, 0.2) is 47.4 Å². The molecule has 3 aromatic rings. The van der Waals surface area contributed by atoms with E-state index in [1.54, 1.807) is 25.3 Å². The van der Waals surface area contributed by atoms with Crippen molar-refractivity contribution in [3.05, 3.63) is 48.2 Å². The van der Waals surface area contributed by atoms with Gasteiger partial charge in [-0.25, -0.2) is 0 Å². The third-order valence-electron chi connectivity index (χ3n) is 6.82. The quantitative estimate of drug-likeness (QED) is 0.173. The zero-order chi connectivity index (χ0) is 29.4. The summed E-state index contributed by atoms with van der Waals surface area (Å²) in [5, 5.41) is 16.7. The highest BCUT2D eigenvalue weighted by Gasteiger charge is 2.30. The van der Waals surface area contributed by atoms with E-state index in [0.717, 1.165) is 47.6 Å². The van der Waals surface area contributed by atoms with Gasteiger partial charge in [0.15, 0.2) is 0 Å². The topological polar surface area (TPSA) is 73.7 Å². The molecule has 4 N–H and O–H groups in total. The van der Waals surface area contributed by atoms with Crippen LogP contribution in [0.1, 0.15) is 32.4 Å². The molecule has 2 heterocycles. The van der Waals surface area contributed by atoms with Gasteiger partial charge < -0.3 is 29.9 Å². The lowest BCUT2D eigenvalue weighted by Crippen LogP contribution is -2.40.